The van der Waals surface area contributed by atoms with Gasteiger partial charge in [-0.1, -0.05) is 18.2 Å². The van der Waals surface area contributed by atoms with Crippen LogP contribution in [0.4, 0.5) is 11.4 Å². The van der Waals surface area contributed by atoms with Crippen molar-refractivity contribution < 1.29 is 15.0 Å². The molecule has 0 atom stereocenters. The molecule has 0 saturated carbocycles. The van der Waals surface area contributed by atoms with Gasteiger partial charge in [0.05, 0.1) is 21.3 Å². The molecule has 7 nitrogen and oxygen atoms in total. The predicted octanol–water partition coefficient (Wildman–Crippen LogP) is 1.60. The molecule has 0 saturated heterocycles. The SMILES string of the molecule is O=[N+]([O-])c1cc([N+](=O)[O-])c2ccccc2c1O.[Na].[Na]. The Morgan fingerprint density at radius 2 is 1.37 bits per heavy atom. The number of phenolic OH excluding ortho intramolecular Hbond substituents is 1. The maximum absolute atomic E-state index is 10.8. The van der Waals surface area contributed by atoms with Gasteiger partial charge in [0.15, 0.2) is 0 Å². The number of nitro groups is 2. The molecule has 0 aliphatic rings. The van der Waals surface area contributed by atoms with E-state index in [0.29, 0.717) is 0 Å². The van der Waals surface area contributed by atoms with Crippen molar-refractivity contribution in [3.8, 4) is 5.75 Å². The Morgan fingerprint density at radius 3 is 1.84 bits per heavy atom. The number of nitrogens with zero attached hydrogens (tertiary/aromatic N) is 2. The minimum Gasteiger partial charge on any atom is -0.502 e. The molecule has 0 fully saturated rings. The number of nitro benzene ring substituents is 2. The molecular formula is C10H6N2Na2O5. The summed E-state index contributed by atoms with van der Waals surface area (Å²) < 4.78 is 0. The standard InChI is InChI=1S/C10H6N2O5.2Na/c13-10-7-4-2-1-3-6(7)8(11(14)15)5-9(10)12(16)17;;/h1-5,13H;;. The van der Waals surface area contributed by atoms with Crippen molar-refractivity contribution in [1.82, 2.24) is 0 Å². The van der Waals surface area contributed by atoms with Crippen LogP contribution in [0.5, 0.6) is 5.75 Å². The van der Waals surface area contributed by atoms with E-state index >= 15 is 0 Å². The van der Waals surface area contributed by atoms with E-state index in [4.69, 9.17) is 0 Å². The molecule has 2 aromatic rings. The van der Waals surface area contributed by atoms with Crippen molar-refractivity contribution in [2.24, 2.45) is 0 Å². The number of fused-ring (bicyclic) bond motifs is 1. The van der Waals surface area contributed by atoms with Gasteiger partial charge >= 0.3 is 5.69 Å². The van der Waals surface area contributed by atoms with Crippen molar-refractivity contribution in [3.05, 3.63) is 50.6 Å². The van der Waals surface area contributed by atoms with E-state index in [0.717, 1.165) is 6.07 Å². The summed E-state index contributed by atoms with van der Waals surface area (Å²) in [4.78, 5) is 19.9. The van der Waals surface area contributed by atoms with Crippen LogP contribution in [0.2, 0.25) is 0 Å². The first kappa shape index (κ1) is 18.3. The summed E-state index contributed by atoms with van der Waals surface area (Å²) in [6.45, 7) is 0. The summed E-state index contributed by atoms with van der Waals surface area (Å²) >= 11 is 0. The first-order valence-corrected chi connectivity index (χ1v) is 4.56. The number of benzene rings is 2. The second-order valence-corrected chi connectivity index (χ2v) is 3.32. The Balaban J connectivity index is 0.00000162. The molecule has 0 amide bonds. The van der Waals surface area contributed by atoms with Crippen molar-refractivity contribution in [1.29, 1.82) is 0 Å². The van der Waals surface area contributed by atoms with Gasteiger partial charge in [0, 0.05) is 64.5 Å². The summed E-state index contributed by atoms with van der Waals surface area (Å²) in [5, 5.41) is 31.4. The fraction of sp³-hybridized carbons (Fsp3) is 0. The molecule has 0 bridgehead atoms. The van der Waals surface area contributed by atoms with E-state index in [1.165, 1.54) is 18.2 Å². The molecule has 0 unspecified atom stereocenters. The Kier molecular flexibility index (Phi) is 6.92. The topological polar surface area (TPSA) is 107 Å². The van der Waals surface area contributed by atoms with Crippen molar-refractivity contribution >= 4 is 81.3 Å². The van der Waals surface area contributed by atoms with Crippen molar-refractivity contribution in [2.45, 2.75) is 0 Å². The molecule has 1 N–H and O–H groups in total. The van der Waals surface area contributed by atoms with Crippen LogP contribution >= 0.6 is 0 Å². The van der Waals surface area contributed by atoms with Crippen LogP contribution in [0.1, 0.15) is 0 Å². The largest absolute Gasteiger partial charge is 0.502 e. The molecule has 2 aromatic carbocycles. The van der Waals surface area contributed by atoms with E-state index in [1.807, 2.05) is 0 Å². The van der Waals surface area contributed by atoms with Gasteiger partial charge in [-0.2, -0.15) is 0 Å². The van der Waals surface area contributed by atoms with Gasteiger partial charge in [0.2, 0.25) is 5.75 Å². The zero-order valence-electron chi connectivity index (χ0n) is 10.4. The number of hydrogen-bond acceptors (Lipinski definition) is 5. The van der Waals surface area contributed by atoms with Crippen LogP contribution in [-0.4, -0.2) is 74.1 Å². The average molecular weight is 280 g/mol. The zero-order chi connectivity index (χ0) is 12.6. The van der Waals surface area contributed by atoms with E-state index in [-0.39, 0.29) is 69.9 Å². The monoisotopic (exact) mass is 280 g/mol. The number of rotatable bonds is 2. The van der Waals surface area contributed by atoms with E-state index in [9.17, 15) is 25.3 Å². The second kappa shape index (κ2) is 7.18. The van der Waals surface area contributed by atoms with Gasteiger partial charge < -0.3 is 5.11 Å². The van der Waals surface area contributed by atoms with Crippen LogP contribution in [-0.2, 0) is 0 Å². The Hall–Kier alpha value is -0.700. The van der Waals surface area contributed by atoms with Gasteiger partial charge in [0.25, 0.3) is 5.69 Å². The molecule has 9 heteroatoms. The van der Waals surface area contributed by atoms with Gasteiger partial charge in [0.1, 0.15) is 0 Å². The summed E-state index contributed by atoms with van der Waals surface area (Å²) in [5.41, 5.74) is -1.07. The molecule has 88 valence electrons. The van der Waals surface area contributed by atoms with Crippen molar-refractivity contribution in [2.75, 3.05) is 0 Å². The molecule has 0 aromatic heterocycles. The second-order valence-electron chi connectivity index (χ2n) is 3.32. The van der Waals surface area contributed by atoms with Gasteiger partial charge in [-0.05, 0) is 6.07 Å². The smallest absolute Gasteiger partial charge is 0.318 e. The van der Waals surface area contributed by atoms with E-state index in [1.54, 1.807) is 6.07 Å². The number of phenols is 1. The van der Waals surface area contributed by atoms with Gasteiger partial charge in [-0.15, -0.1) is 0 Å². The predicted molar refractivity (Wildman–Crippen MR) is 70.4 cm³/mol. The summed E-state index contributed by atoms with van der Waals surface area (Å²) in [5.74, 6) is -0.559. The van der Waals surface area contributed by atoms with Gasteiger partial charge in [-0.3, -0.25) is 20.2 Å². The Bertz CT molecular complexity index is 647. The minimum absolute atomic E-state index is 0. The first-order chi connectivity index (χ1) is 8.02. The Labute approximate surface area is 151 Å². The molecule has 0 heterocycles. The summed E-state index contributed by atoms with van der Waals surface area (Å²) in [7, 11) is 0. The van der Waals surface area contributed by atoms with Crippen LogP contribution in [0.3, 0.4) is 0 Å². The molecule has 0 aliphatic heterocycles. The Morgan fingerprint density at radius 1 is 0.895 bits per heavy atom. The number of non-ortho nitro benzene ring substituents is 1. The number of aromatic hydroxyl groups is 1. The third kappa shape index (κ3) is 3.44. The zero-order valence-corrected chi connectivity index (χ0v) is 14.4. The third-order valence-corrected chi connectivity index (χ3v) is 2.37. The maximum atomic E-state index is 10.8. The minimum atomic E-state index is -0.852. The van der Waals surface area contributed by atoms with Gasteiger partial charge in [-0.25, -0.2) is 0 Å². The molecule has 19 heavy (non-hydrogen) atoms. The fourth-order valence-corrected chi connectivity index (χ4v) is 1.62. The normalized spacial score (nSPS) is 9.26. The average Bonchev–Trinajstić information content (AvgIpc) is 2.29. The summed E-state index contributed by atoms with van der Waals surface area (Å²) in [6.07, 6.45) is 0. The fourth-order valence-electron chi connectivity index (χ4n) is 1.62. The van der Waals surface area contributed by atoms with E-state index in [2.05, 4.69) is 0 Å². The van der Waals surface area contributed by atoms with E-state index < -0.39 is 27.0 Å². The summed E-state index contributed by atoms with van der Waals surface area (Å²) in [6, 6.07) is 6.68. The molecule has 2 radical (unpaired) electrons. The van der Waals surface area contributed by atoms with Crippen LogP contribution in [0.15, 0.2) is 30.3 Å². The molecule has 0 spiro atoms. The maximum Gasteiger partial charge on any atom is 0.318 e. The molecule has 0 aliphatic carbocycles. The molecular weight excluding hydrogens is 274 g/mol. The first-order valence-electron chi connectivity index (χ1n) is 4.56. The van der Waals surface area contributed by atoms with Crippen LogP contribution in [0.25, 0.3) is 10.8 Å². The molecule has 2 rings (SSSR count). The van der Waals surface area contributed by atoms with Crippen LogP contribution < -0.4 is 0 Å². The quantitative estimate of drug-likeness (QED) is 0.510. The third-order valence-electron chi connectivity index (χ3n) is 2.37. The number of hydrogen-bond donors (Lipinski definition) is 1. The van der Waals surface area contributed by atoms with Crippen molar-refractivity contribution in [3.63, 3.8) is 0 Å². The van der Waals surface area contributed by atoms with Crippen LogP contribution in [0, 0.1) is 20.2 Å².